The number of benzene rings is 2. The molecule has 0 aromatic heterocycles. The molecule has 0 N–H and O–H groups in total. The molecule has 0 spiro atoms. The van der Waals surface area contributed by atoms with Crippen LogP contribution in [0.4, 0.5) is 0 Å². The van der Waals surface area contributed by atoms with Crippen LogP contribution in [-0.2, 0) is 26.0 Å². The van der Waals surface area contributed by atoms with Gasteiger partial charge in [-0.25, -0.2) is 8.42 Å². The Morgan fingerprint density at radius 3 is 2.17 bits per heavy atom. The zero-order valence-corrected chi connectivity index (χ0v) is 14.6. The average molecular weight is 347 g/mol. The zero-order valence-electron chi connectivity index (χ0n) is 13.8. The second-order valence-electron chi connectivity index (χ2n) is 5.56. The normalized spacial score (nSPS) is 12.8. The Bertz CT molecular complexity index is 760. The number of hydrogen-bond acceptors (Lipinski definition) is 4. The number of rotatable bonds is 7. The third-order valence-electron chi connectivity index (χ3n) is 3.50. The maximum absolute atomic E-state index is 12.4. The SMILES string of the molecule is CC(Cc1ccccc1)OC(=O)CN(C)S(=O)(=O)c1ccccc1. The van der Waals surface area contributed by atoms with Gasteiger partial charge in [-0.05, 0) is 24.6 Å². The summed E-state index contributed by atoms with van der Waals surface area (Å²) in [6.45, 7) is 1.47. The Balaban J connectivity index is 1.92. The topological polar surface area (TPSA) is 63.7 Å². The molecule has 0 radical (unpaired) electrons. The van der Waals surface area contributed by atoms with E-state index in [1.54, 1.807) is 25.1 Å². The molecule has 0 aliphatic carbocycles. The molecule has 2 aromatic carbocycles. The summed E-state index contributed by atoms with van der Waals surface area (Å²) >= 11 is 0. The number of likely N-dealkylation sites (N-methyl/N-ethyl adjacent to an activating group) is 1. The van der Waals surface area contributed by atoms with Crippen LogP contribution >= 0.6 is 0 Å². The van der Waals surface area contributed by atoms with E-state index in [4.69, 9.17) is 4.74 Å². The van der Waals surface area contributed by atoms with Crippen molar-refractivity contribution >= 4 is 16.0 Å². The van der Waals surface area contributed by atoms with Crippen LogP contribution in [0.25, 0.3) is 0 Å². The molecule has 0 aliphatic heterocycles. The first kappa shape index (κ1) is 18.2. The highest BCUT2D eigenvalue weighted by Gasteiger charge is 2.24. The number of esters is 1. The molecular formula is C18H21NO4S. The first-order chi connectivity index (χ1) is 11.4. The minimum atomic E-state index is -3.70. The van der Waals surface area contributed by atoms with Crippen molar-refractivity contribution in [3.8, 4) is 0 Å². The van der Waals surface area contributed by atoms with E-state index in [0.717, 1.165) is 9.87 Å². The predicted molar refractivity (Wildman–Crippen MR) is 92.0 cm³/mol. The lowest BCUT2D eigenvalue weighted by Crippen LogP contribution is -2.34. The van der Waals surface area contributed by atoms with Gasteiger partial charge in [0.1, 0.15) is 12.6 Å². The van der Waals surface area contributed by atoms with Crippen molar-refractivity contribution < 1.29 is 17.9 Å². The fraction of sp³-hybridized carbons (Fsp3) is 0.278. The maximum atomic E-state index is 12.4. The number of carbonyl (C=O) groups is 1. The van der Waals surface area contributed by atoms with Gasteiger partial charge in [-0.3, -0.25) is 4.79 Å². The molecule has 0 amide bonds. The van der Waals surface area contributed by atoms with Crippen LogP contribution in [0.5, 0.6) is 0 Å². The lowest BCUT2D eigenvalue weighted by molar-refractivity contribution is -0.148. The Kier molecular flexibility index (Phi) is 6.11. The van der Waals surface area contributed by atoms with Crippen LogP contribution < -0.4 is 0 Å². The molecular weight excluding hydrogens is 326 g/mol. The molecule has 2 aromatic rings. The summed E-state index contributed by atoms with van der Waals surface area (Å²) in [5.41, 5.74) is 1.06. The smallest absolute Gasteiger partial charge is 0.321 e. The summed E-state index contributed by atoms with van der Waals surface area (Å²) in [6.07, 6.45) is 0.259. The minimum Gasteiger partial charge on any atom is -0.461 e. The Morgan fingerprint density at radius 2 is 1.58 bits per heavy atom. The molecule has 0 aliphatic rings. The highest BCUT2D eigenvalue weighted by molar-refractivity contribution is 7.89. The highest BCUT2D eigenvalue weighted by Crippen LogP contribution is 2.13. The van der Waals surface area contributed by atoms with Gasteiger partial charge < -0.3 is 4.74 Å². The largest absolute Gasteiger partial charge is 0.461 e. The number of carbonyl (C=O) groups excluding carboxylic acids is 1. The summed E-state index contributed by atoms with van der Waals surface area (Å²) in [4.78, 5) is 12.2. The van der Waals surface area contributed by atoms with Crippen LogP contribution in [0.2, 0.25) is 0 Å². The molecule has 0 saturated carbocycles. The van der Waals surface area contributed by atoms with E-state index in [0.29, 0.717) is 6.42 Å². The van der Waals surface area contributed by atoms with Crippen molar-refractivity contribution in [2.75, 3.05) is 13.6 Å². The van der Waals surface area contributed by atoms with E-state index < -0.39 is 16.0 Å². The van der Waals surface area contributed by atoms with Crippen LogP contribution in [0.1, 0.15) is 12.5 Å². The molecule has 0 heterocycles. The first-order valence-electron chi connectivity index (χ1n) is 7.64. The van der Waals surface area contributed by atoms with Crippen LogP contribution in [0.3, 0.4) is 0 Å². The molecule has 0 bridgehead atoms. The van der Waals surface area contributed by atoms with Gasteiger partial charge in [-0.1, -0.05) is 48.5 Å². The van der Waals surface area contributed by atoms with E-state index in [1.807, 2.05) is 30.3 Å². The first-order valence-corrected chi connectivity index (χ1v) is 9.08. The van der Waals surface area contributed by atoms with Crippen molar-refractivity contribution in [3.05, 3.63) is 66.2 Å². The van der Waals surface area contributed by atoms with Gasteiger partial charge in [-0.15, -0.1) is 0 Å². The number of sulfonamides is 1. The van der Waals surface area contributed by atoms with Crippen molar-refractivity contribution in [2.24, 2.45) is 0 Å². The second kappa shape index (κ2) is 8.08. The Labute approximate surface area is 142 Å². The number of hydrogen-bond donors (Lipinski definition) is 0. The van der Waals surface area contributed by atoms with Crippen molar-refractivity contribution in [1.29, 1.82) is 0 Å². The molecule has 128 valence electrons. The van der Waals surface area contributed by atoms with Crippen molar-refractivity contribution in [1.82, 2.24) is 4.31 Å². The van der Waals surface area contributed by atoms with Crippen LogP contribution in [-0.4, -0.2) is 38.4 Å². The zero-order chi connectivity index (χ0) is 17.6. The van der Waals surface area contributed by atoms with Crippen molar-refractivity contribution in [3.63, 3.8) is 0 Å². The Hall–Kier alpha value is -2.18. The summed E-state index contributed by atoms with van der Waals surface area (Å²) in [6, 6.07) is 17.7. The summed E-state index contributed by atoms with van der Waals surface area (Å²) in [7, 11) is -2.33. The molecule has 0 fully saturated rings. The van der Waals surface area contributed by atoms with Crippen LogP contribution in [0.15, 0.2) is 65.6 Å². The monoisotopic (exact) mass is 347 g/mol. The van der Waals surface area contributed by atoms with Crippen molar-refractivity contribution in [2.45, 2.75) is 24.3 Å². The summed E-state index contributed by atoms with van der Waals surface area (Å²) in [5.74, 6) is -0.569. The van der Waals surface area contributed by atoms with E-state index in [9.17, 15) is 13.2 Å². The van der Waals surface area contributed by atoms with Gasteiger partial charge >= 0.3 is 5.97 Å². The van der Waals surface area contributed by atoms with Gasteiger partial charge in [-0.2, -0.15) is 4.31 Å². The average Bonchev–Trinajstić information content (AvgIpc) is 2.56. The summed E-state index contributed by atoms with van der Waals surface area (Å²) in [5, 5.41) is 0. The fourth-order valence-electron chi connectivity index (χ4n) is 2.29. The molecule has 1 atom stereocenters. The third kappa shape index (κ3) is 4.91. The fourth-order valence-corrected chi connectivity index (χ4v) is 3.42. The third-order valence-corrected chi connectivity index (χ3v) is 5.32. The maximum Gasteiger partial charge on any atom is 0.321 e. The van der Waals surface area contributed by atoms with E-state index in [1.165, 1.54) is 19.2 Å². The number of ether oxygens (including phenoxy) is 1. The van der Waals surface area contributed by atoms with Gasteiger partial charge in [0.15, 0.2) is 0 Å². The number of nitrogens with zero attached hydrogens (tertiary/aromatic N) is 1. The van der Waals surface area contributed by atoms with E-state index in [-0.39, 0.29) is 17.5 Å². The summed E-state index contributed by atoms with van der Waals surface area (Å²) < 4.78 is 31.0. The van der Waals surface area contributed by atoms with Crippen LogP contribution in [0, 0.1) is 0 Å². The van der Waals surface area contributed by atoms with Gasteiger partial charge in [0.2, 0.25) is 10.0 Å². The molecule has 24 heavy (non-hydrogen) atoms. The predicted octanol–water partition coefficient (Wildman–Crippen LogP) is 2.48. The Morgan fingerprint density at radius 1 is 1.04 bits per heavy atom. The molecule has 2 rings (SSSR count). The lowest BCUT2D eigenvalue weighted by atomic mass is 10.1. The molecule has 1 unspecified atom stereocenters. The second-order valence-corrected chi connectivity index (χ2v) is 7.61. The van der Waals surface area contributed by atoms with Gasteiger partial charge in [0.25, 0.3) is 0 Å². The highest BCUT2D eigenvalue weighted by atomic mass is 32.2. The van der Waals surface area contributed by atoms with E-state index >= 15 is 0 Å². The quantitative estimate of drug-likeness (QED) is 0.722. The minimum absolute atomic E-state index is 0.151. The molecule has 0 saturated heterocycles. The molecule has 5 nitrogen and oxygen atoms in total. The molecule has 6 heteroatoms. The van der Waals surface area contributed by atoms with Gasteiger partial charge in [0.05, 0.1) is 4.90 Å². The van der Waals surface area contributed by atoms with E-state index in [2.05, 4.69) is 0 Å². The lowest BCUT2D eigenvalue weighted by Gasteiger charge is -2.18. The standard InChI is InChI=1S/C18H21NO4S/c1-15(13-16-9-5-3-6-10-16)23-18(20)14-19(2)24(21,22)17-11-7-4-8-12-17/h3-12,15H,13-14H2,1-2H3. The van der Waals surface area contributed by atoms with Gasteiger partial charge in [0, 0.05) is 13.5 Å².